The summed E-state index contributed by atoms with van der Waals surface area (Å²) >= 11 is 0. The Hall–Kier alpha value is -1.58. The molecule has 0 spiro atoms. The van der Waals surface area contributed by atoms with E-state index in [1.54, 1.807) is 55.6 Å². The molecule has 17 heteroatoms. The first-order valence-electron chi connectivity index (χ1n) is 20.8. The average Bonchev–Trinajstić information content (AvgIpc) is 3.15. The number of carbonyl (C=O) groups is 1. The maximum absolute atomic E-state index is 14.3. The zero-order valence-electron chi connectivity index (χ0n) is 37.3. The zero-order chi connectivity index (χ0) is 43.9. The Morgan fingerprint density at radius 3 is 2.14 bits per heavy atom. The molecular formula is C41H76N2O15. The molecule has 0 unspecified atom stereocenters. The van der Waals surface area contributed by atoms with Crippen molar-refractivity contribution in [2.75, 3.05) is 48.3 Å². The van der Waals surface area contributed by atoms with Crippen LogP contribution in [0.25, 0.3) is 0 Å². The molecular weight excluding hydrogens is 760 g/mol. The van der Waals surface area contributed by atoms with E-state index in [0.29, 0.717) is 18.7 Å². The summed E-state index contributed by atoms with van der Waals surface area (Å²) in [6.07, 6.45) is -9.49. The van der Waals surface area contributed by atoms with E-state index >= 15 is 0 Å². The minimum atomic E-state index is -1.97. The molecule has 0 aromatic rings. The quantitative estimate of drug-likeness (QED) is 0.0778. The number of methoxy groups -OCH3 is 2. The summed E-state index contributed by atoms with van der Waals surface area (Å²) in [6.45, 7) is 17.3. The number of carbonyl (C=O) groups excluding carboxylic acids is 1. The van der Waals surface area contributed by atoms with Crippen LogP contribution in [0.1, 0.15) is 94.9 Å². The highest BCUT2D eigenvalue weighted by molar-refractivity contribution is 5.88. The van der Waals surface area contributed by atoms with Crippen molar-refractivity contribution in [2.24, 2.45) is 28.8 Å². The first-order chi connectivity index (χ1) is 27.0. The van der Waals surface area contributed by atoms with Gasteiger partial charge in [0.15, 0.2) is 12.6 Å². The number of ether oxygens (including phenoxy) is 8. The molecule has 0 aliphatic carbocycles. The normalized spacial score (nSPS) is 45.8. The van der Waals surface area contributed by atoms with Gasteiger partial charge in [0.05, 0.1) is 66.6 Å². The molecule has 58 heavy (non-hydrogen) atoms. The van der Waals surface area contributed by atoms with Crippen molar-refractivity contribution in [3.63, 3.8) is 0 Å². The Bertz CT molecular complexity index is 1300. The Morgan fingerprint density at radius 1 is 0.897 bits per heavy atom. The molecule has 3 heterocycles. The predicted molar refractivity (Wildman–Crippen MR) is 212 cm³/mol. The van der Waals surface area contributed by atoms with Gasteiger partial charge in [-0.1, -0.05) is 32.9 Å². The number of cyclic esters (lactones) is 1. The van der Waals surface area contributed by atoms with Gasteiger partial charge in [0.1, 0.15) is 23.9 Å². The van der Waals surface area contributed by atoms with E-state index in [1.807, 2.05) is 32.8 Å². The molecule has 0 amide bonds. The molecule has 17 nitrogen and oxygen atoms in total. The topological polar surface area (TPSA) is 217 Å². The number of oxime groups is 1. The molecule has 0 aromatic heterocycles. The summed E-state index contributed by atoms with van der Waals surface area (Å²) < 4.78 is 48.1. The number of esters is 1. The maximum Gasteiger partial charge on any atom is 0.311 e. The van der Waals surface area contributed by atoms with Crippen LogP contribution in [0.4, 0.5) is 0 Å². The standard InChI is InChI=1S/C41H76N2O15/c1-15-29-41(10,49)34(45)24(4)31(42-53-21-52-17-16-50-13)22(2)19-39(8,48)36(58-38-32(44)28(43(11)12)18-23(3)54-38)25(5)33(26(6)37(47)56-29)57-30-20-40(9,51-14)35(46)27(7)55-30/h22-30,32-36,38,44-46,48-49H,15-21H2,1-14H3/b42-31-/t22-,23-,24+,25+,26-,27+,28+,29-,30+,32-,33-,34-,35+,36-,38+,39-,40-,41-/m1/s1. The number of nitrogens with zero attached hydrogens (tertiary/aromatic N) is 2. The first kappa shape index (κ1) is 50.8. The SMILES string of the molecule is CC[C@H]1OC(=O)[C@H](C)[C@H](O[C@H]2C[C@@](C)(OC)[C@@H](O)[C@H](C)O2)[C@H](C)[C@@H](O[C@@H]2O[C@H](C)C[C@H](N(C)C)[C@H]2O)[C@](C)(O)C[C@@H](C)/C(=N/OCOCCOC)[C@H](C)[C@@H](O)[C@]1(C)O. The molecule has 0 radical (unpaired) electrons. The van der Waals surface area contributed by atoms with Gasteiger partial charge in [-0.2, -0.15) is 0 Å². The average molecular weight is 837 g/mol. The van der Waals surface area contributed by atoms with Gasteiger partial charge in [-0.3, -0.25) is 4.79 Å². The molecule has 340 valence electrons. The number of aliphatic hydroxyl groups excluding tert-OH is 3. The van der Waals surface area contributed by atoms with Crippen LogP contribution in [0.5, 0.6) is 0 Å². The largest absolute Gasteiger partial charge is 0.459 e. The molecule has 3 saturated heterocycles. The van der Waals surface area contributed by atoms with Crippen LogP contribution < -0.4 is 0 Å². The number of hydrogen-bond acceptors (Lipinski definition) is 17. The van der Waals surface area contributed by atoms with Gasteiger partial charge in [0, 0.05) is 44.4 Å². The first-order valence-corrected chi connectivity index (χ1v) is 20.8. The molecule has 18 atom stereocenters. The highest BCUT2D eigenvalue weighted by Crippen LogP contribution is 2.41. The third-order valence-electron chi connectivity index (χ3n) is 12.6. The van der Waals surface area contributed by atoms with Crippen molar-refractivity contribution < 1.29 is 73.1 Å². The lowest BCUT2D eigenvalue weighted by atomic mass is 9.73. The predicted octanol–water partition coefficient (Wildman–Crippen LogP) is 2.21. The van der Waals surface area contributed by atoms with Crippen molar-refractivity contribution in [3.8, 4) is 0 Å². The van der Waals surface area contributed by atoms with Gasteiger partial charge in [-0.15, -0.1) is 0 Å². The van der Waals surface area contributed by atoms with Crippen molar-refractivity contribution in [1.29, 1.82) is 0 Å². The Balaban J connectivity index is 2.22. The van der Waals surface area contributed by atoms with Gasteiger partial charge in [-0.25, -0.2) is 0 Å². The Kier molecular flexibility index (Phi) is 18.8. The fourth-order valence-corrected chi connectivity index (χ4v) is 8.93. The maximum atomic E-state index is 14.3. The Morgan fingerprint density at radius 2 is 1.55 bits per heavy atom. The summed E-state index contributed by atoms with van der Waals surface area (Å²) in [5, 5.41) is 63.6. The summed E-state index contributed by atoms with van der Waals surface area (Å²) in [5.41, 5.74) is -4.49. The molecule has 0 aromatic carbocycles. The molecule has 0 bridgehead atoms. The van der Waals surface area contributed by atoms with Crippen molar-refractivity contribution in [1.82, 2.24) is 4.90 Å². The monoisotopic (exact) mass is 837 g/mol. The second-order valence-electron chi connectivity index (χ2n) is 17.7. The van der Waals surface area contributed by atoms with E-state index in [2.05, 4.69) is 5.16 Å². The fraction of sp³-hybridized carbons (Fsp3) is 0.951. The van der Waals surface area contributed by atoms with Crippen molar-refractivity contribution in [3.05, 3.63) is 0 Å². The van der Waals surface area contributed by atoms with Gasteiger partial charge in [0.2, 0.25) is 6.79 Å². The van der Waals surface area contributed by atoms with Gasteiger partial charge in [0.25, 0.3) is 0 Å². The van der Waals surface area contributed by atoms with Crippen LogP contribution in [0.2, 0.25) is 0 Å². The van der Waals surface area contributed by atoms with Crippen LogP contribution in [-0.2, 0) is 47.5 Å². The van der Waals surface area contributed by atoms with Crippen LogP contribution in [0.15, 0.2) is 5.16 Å². The third-order valence-corrected chi connectivity index (χ3v) is 12.6. The van der Waals surface area contributed by atoms with Gasteiger partial charge >= 0.3 is 5.97 Å². The summed E-state index contributed by atoms with van der Waals surface area (Å²) in [5.74, 6) is -4.14. The van der Waals surface area contributed by atoms with Crippen LogP contribution in [0.3, 0.4) is 0 Å². The lowest BCUT2D eigenvalue weighted by molar-refractivity contribution is -0.317. The number of rotatable bonds is 13. The number of likely N-dealkylation sites (N-methyl/N-ethyl adjacent to an activating group) is 1. The zero-order valence-corrected chi connectivity index (χ0v) is 37.3. The van der Waals surface area contributed by atoms with Crippen LogP contribution in [0, 0.1) is 23.7 Å². The molecule has 3 aliphatic heterocycles. The molecule has 3 rings (SSSR count). The third kappa shape index (κ3) is 12.1. The smallest absolute Gasteiger partial charge is 0.311 e. The van der Waals surface area contributed by atoms with E-state index in [0.717, 1.165) is 0 Å². The highest BCUT2D eigenvalue weighted by atomic mass is 16.7. The number of hydrogen-bond donors (Lipinski definition) is 5. The minimum Gasteiger partial charge on any atom is -0.459 e. The van der Waals surface area contributed by atoms with Crippen molar-refractivity contribution in [2.45, 2.75) is 179 Å². The van der Waals surface area contributed by atoms with Crippen molar-refractivity contribution >= 4 is 11.7 Å². The lowest BCUT2D eigenvalue weighted by Gasteiger charge is -2.49. The lowest BCUT2D eigenvalue weighted by Crippen LogP contribution is -2.61. The Labute approximate surface area is 345 Å². The highest BCUT2D eigenvalue weighted by Gasteiger charge is 2.53. The van der Waals surface area contributed by atoms with E-state index in [-0.39, 0.29) is 44.8 Å². The van der Waals surface area contributed by atoms with Crippen LogP contribution in [-0.4, -0.2) is 175 Å². The molecule has 5 N–H and O–H groups in total. The second kappa shape index (κ2) is 21.5. The van der Waals surface area contributed by atoms with E-state index in [1.165, 1.54) is 14.0 Å². The summed E-state index contributed by atoms with van der Waals surface area (Å²) in [7, 11) is 6.76. The minimum absolute atomic E-state index is 0.0307. The molecule has 3 aliphatic rings. The van der Waals surface area contributed by atoms with Gasteiger partial charge < -0.3 is 73.2 Å². The fourth-order valence-electron chi connectivity index (χ4n) is 8.93. The molecule has 0 saturated carbocycles. The van der Waals surface area contributed by atoms with Gasteiger partial charge in [-0.05, 0) is 74.9 Å². The number of aliphatic hydroxyl groups is 5. The van der Waals surface area contributed by atoms with E-state index < -0.39 is 102 Å². The van der Waals surface area contributed by atoms with E-state index in [4.69, 9.17) is 42.7 Å². The summed E-state index contributed by atoms with van der Waals surface area (Å²) in [4.78, 5) is 21.8. The second-order valence-corrected chi connectivity index (χ2v) is 17.7. The summed E-state index contributed by atoms with van der Waals surface area (Å²) in [6, 6.07) is -0.328. The van der Waals surface area contributed by atoms with Crippen LogP contribution >= 0.6 is 0 Å². The van der Waals surface area contributed by atoms with E-state index in [9.17, 15) is 30.3 Å². The molecule has 3 fully saturated rings.